The van der Waals surface area contributed by atoms with E-state index < -0.39 is 0 Å². The molecule has 3 nitrogen and oxygen atoms in total. The first-order valence-electron chi connectivity index (χ1n) is 4.25. The van der Waals surface area contributed by atoms with Crippen LogP contribution < -0.4 is 5.32 Å². The van der Waals surface area contributed by atoms with Gasteiger partial charge < -0.3 is 15.0 Å². The second kappa shape index (κ2) is 4.05. The van der Waals surface area contributed by atoms with Gasteiger partial charge in [0, 0.05) is 20.1 Å². The summed E-state index contributed by atoms with van der Waals surface area (Å²) in [7, 11) is 1.85. The molecule has 70 valence electrons. The normalized spacial score (nSPS) is 30.1. The predicted molar refractivity (Wildman–Crippen MR) is 53.2 cm³/mol. The largest absolute Gasteiger partial charge is 0.372 e. The molecule has 0 radical (unpaired) electrons. The zero-order chi connectivity index (χ0) is 9.14. The van der Waals surface area contributed by atoms with Gasteiger partial charge in [-0.15, -0.1) is 0 Å². The van der Waals surface area contributed by atoms with Crippen molar-refractivity contribution in [2.45, 2.75) is 26.1 Å². The average Bonchev–Trinajstić information content (AvgIpc) is 2.01. The number of nitrogens with zero attached hydrogens (tertiary/aromatic N) is 1. The van der Waals surface area contributed by atoms with Crippen molar-refractivity contribution in [1.29, 1.82) is 0 Å². The lowest BCUT2D eigenvalue weighted by Gasteiger charge is -2.36. The van der Waals surface area contributed by atoms with E-state index in [4.69, 9.17) is 17.0 Å². The Kier molecular flexibility index (Phi) is 3.29. The molecule has 1 fully saturated rings. The highest BCUT2D eigenvalue weighted by Crippen LogP contribution is 2.10. The molecule has 0 amide bonds. The lowest BCUT2D eigenvalue weighted by Crippen LogP contribution is -2.50. The molecular formula is C8H16N2OS. The molecule has 0 bridgehead atoms. The van der Waals surface area contributed by atoms with Crippen LogP contribution in [-0.4, -0.2) is 42.4 Å². The lowest BCUT2D eigenvalue weighted by atomic mass is 10.2. The fraction of sp³-hybridized carbons (Fsp3) is 0.875. The van der Waals surface area contributed by atoms with Crippen LogP contribution in [0.5, 0.6) is 0 Å². The smallest absolute Gasteiger partial charge is 0.168 e. The van der Waals surface area contributed by atoms with Gasteiger partial charge in [-0.1, -0.05) is 0 Å². The van der Waals surface area contributed by atoms with E-state index in [1.807, 2.05) is 7.05 Å². The molecule has 0 aliphatic carbocycles. The third kappa shape index (κ3) is 2.32. The Balaban J connectivity index is 2.49. The summed E-state index contributed by atoms with van der Waals surface area (Å²) >= 11 is 5.14. The second-order valence-electron chi connectivity index (χ2n) is 3.22. The molecule has 12 heavy (non-hydrogen) atoms. The molecule has 1 rings (SSSR count). The van der Waals surface area contributed by atoms with Gasteiger partial charge in [-0.05, 0) is 26.1 Å². The van der Waals surface area contributed by atoms with Crippen LogP contribution in [0, 0.1) is 0 Å². The lowest BCUT2D eigenvalue weighted by molar-refractivity contribution is -0.0480. The first-order valence-corrected chi connectivity index (χ1v) is 4.66. The highest BCUT2D eigenvalue weighted by Gasteiger charge is 2.22. The SMILES string of the molecule is CNC(=S)N1C[C@@H](C)O[C@@H](C)C1. The van der Waals surface area contributed by atoms with E-state index in [-0.39, 0.29) is 12.2 Å². The molecule has 1 saturated heterocycles. The molecular weight excluding hydrogens is 172 g/mol. The summed E-state index contributed by atoms with van der Waals surface area (Å²) in [6.07, 6.45) is 0.556. The van der Waals surface area contributed by atoms with Crippen LogP contribution in [0.1, 0.15) is 13.8 Å². The molecule has 0 saturated carbocycles. The van der Waals surface area contributed by atoms with Crippen LogP contribution in [-0.2, 0) is 4.74 Å². The van der Waals surface area contributed by atoms with Crippen LogP contribution in [0.4, 0.5) is 0 Å². The van der Waals surface area contributed by atoms with Crippen molar-refractivity contribution in [3.05, 3.63) is 0 Å². The number of hydrogen-bond acceptors (Lipinski definition) is 2. The van der Waals surface area contributed by atoms with Crippen molar-refractivity contribution in [2.24, 2.45) is 0 Å². The van der Waals surface area contributed by atoms with Crippen LogP contribution in [0.25, 0.3) is 0 Å². The fourth-order valence-corrected chi connectivity index (χ4v) is 1.65. The molecule has 0 aromatic rings. The first kappa shape index (κ1) is 9.74. The van der Waals surface area contributed by atoms with Gasteiger partial charge >= 0.3 is 0 Å². The van der Waals surface area contributed by atoms with Crippen LogP contribution in [0.15, 0.2) is 0 Å². The van der Waals surface area contributed by atoms with Crippen LogP contribution in [0.2, 0.25) is 0 Å². The van der Waals surface area contributed by atoms with Gasteiger partial charge in [0.15, 0.2) is 5.11 Å². The van der Waals surface area contributed by atoms with Crippen LogP contribution >= 0.6 is 12.2 Å². The van der Waals surface area contributed by atoms with E-state index in [1.54, 1.807) is 0 Å². The van der Waals surface area contributed by atoms with E-state index in [9.17, 15) is 0 Å². The maximum Gasteiger partial charge on any atom is 0.168 e. The Morgan fingerprint density at radius 3 is 2.33 bits per heavy atom. The van der Waals surface area contributed by atoms with Crippen molar-refractivity contribution >= 4 is 17.3 Å². The molecule has 0 unspecified atom stereocenters. The van der Waals surface area contributed by atoms with E-state index in [0.717, 1.165) is 18.2 Å². The Labute approximate surface area is 79.1 Å². The Hall–Kier alpha value is -0.350. The quantitative estimate of drug-likeness (QED) is 0.563. The highest BCUT2D eigenvalue weighted by atomic mass is 32.1. The summed E-state index contributed by atoms with van der Waals surface area (Å²) in [5.74, 6) is 0. The van der Waals surface area contributed by atoms with Crippen molar-refractivity contribution in [1.82, 2.24) is 10.2 Å². The number of ether oxygens (including phenoxy) is 1. The third-order valence-electron chi connectivity index (χ3n) is 1.92. The number of thiocarbonyl (C=S) groups is 1. The molecule has 0 aromatic heterocycles. The van der Waals surface area contributed by atoms with E-state index in [0.29, 0.717) is 0 Å². The van der Waals surface area contributed by atoms with Gasteiger partial charge in [-0.3, -0.25) is 0 Å². The summed E-state index contributed by atoms with van der Waals surface area (Å²) in [4.78, 5) is 2.15. The van der Waals surface area contributed by atoms with Gasteiger partial charge in [0.1, 0.15) is 0 Å². The highest BCUT2D eigenvalue weighted by molar-refractivity contribution is 7.80. The van der Waals surface area contributed by atoms with E-state index >= 15 is 0 Å². The maximum absolute atomic E-state index is 5.58. The average molecular weight is 188 g/mol. The molecule has 1 aliphatic rings. The number of morpholine rings is 1. The minimum atomic E-state index is 0.278. The van der Waals surface area contributed by atoms with Gasteiger partial charge in [0.25, 0.3) is 0 Å². The number of nitrogens with one attached hydrogen (secondary N) is 1. The minimum Gasteiger partial charge on any atom is -0.372 e. The Bertz CT molecular complexity index is 164. The van der Waals surface area contributed by atoms with E-state index in [2.05, 4.69) is 24.1 Å². The fourth-order valence-electron chi connectivity index (χ4n) is 1.50. The summed E-state index contributed by atoms with van der Waals surface area (Å²) in [5, 5.41) is 3.79. The molecule has 0 spiro atoms. The van der Waals surface area contributed by atoms with Gasteiger partial charge in [-0.2, -0.15) is 0 Å². The molecule has 0 aromatic carbocycles. The van der Waals surface area contributed by atoms with Crippen molar-refractivity contribution in [3.8, 4) is 0 Å². The first-order chi connectivity index (χ1) is 5.63. The van der Waals surface area contributed by atoms with Gasteiger partial charge in [-0.25, -0.2) is 0 Å². The third-order valence-corrected chi connectivity index (χ3v) is 2.38. The molecule has 1 N–H and O–H groups in total. The van der Waals surface area contributed by atoms with Crippen molar-refractivity contribution < 1.29 is 4.74 Å². The number of rotatable bonds is 0. The standard InChI is InChI=1S/C8H16N2OS/c1-6-4-10(8(12)9-3)5-7(2)11-6/h6-7H,4-5H2,1-3H3,(H,9,12)/t6-,7+. The van der Waals surface area contributed by atoms with Gasteiger partial charge in [0.05, 0.1) is 12.2 Å². The summed E-state index contributed by atoms with van der Waals surface area (Å²) in [5.41, 5.74) is 0. The zero-order valence-electron chi connectivity index (χ0n) is 7.83. The topological polar surface area (TPSA) is 24.5 Å². The summed E-state index contributed by atoms with van der Waals surface area (Å²) in [6, 6.07) is 0. The molecule has 1 heterocycles. The van der Waals surface area contributed by atoms with Gasteiger partial charge in [0.2, 0.25) is 0 Å². The summed E-state index contributed by atoms with van der Waals surface area (Å²) < 4.78 is 5.58. The maximum atomic E-state index is 5.58. The zero-order valence-corrected chi connectivity index (χ0v) is 8.65. The predicted octanol–water partition coefficient (Wildman–Crippen LogP) is 0.600. The number of hydrogen-bond donors (Lipinski definition) is 1. The van der Waals surface area contributed by atoms with Crippen molar-refractivity contribution in [3.63, 3.8) is 0 Å². The monoisotopic (exact) mass is 188 g/mol. The Morgan fingerprint density at radius 1 is 1.42 bits per heavy atom. The van der Waals surface area contributed by atoms with Crippen molar-refractivity contribution in [2.75, 3.05) is 20.1 Å². The van der Waals surface area contributed by atoms with E-state index in [1.165, 1.54) is 0 Å². The Morgan fingerprint density at radius 2 is 1.92 bits per heavy atom. The summed E-state index contributed by atoms with van der Waals surface area (Å²) in [6.45, 7) is 5.93. The van der Waals surface area contributed by atoms with Crippen LogP contribution in [0.3, 0.4) is 0 Å². The molecule has 4 heteroatoms. The molecule has 2 atom stereocenters. The second-order valence-corrected chi connectivity index (χ2v) is 3.60. The minimum absolute atomic E-state index is 0.278. The molecule has 1 aliphatic heterocycles.